The van der Waals surface area contributed by atoms with Crippen LogP contribution in [0.2, 0.25) is 0 Å². The van der Waals surface area contributed by atoms with Crippen LogP contribution in [0.4, 0.5) is 0 Å². The molecular formula is C7H13S. The molecule has 8 heavy (non-hydrogen) atoms. The van der Waals surface area contributed by atoms with Crippen molar-refractivity contribution < 1.29 is 0 Å². The van der Waals surface area contributed by atoms with E-state index in [-0.39, 0.29) is 0 Å². The second kappa shape index (κ2) is 5.23. The average Bonchev–Trinajstić information content (AvgIpc) is 1.83. The van der Waals surface area contributed by atoms with Gasteiger partial charge in [-0.25, -0.2) is 0 Å². The van der Waals surface area contributed by atoms with Gasteiger partial charge in [-0.15, -0.1) is 0 Å². The van der Waals surface area contributed by atoms with Crippen LogP contribution in [0.15, 0.2) is 11.6 Å². The monoisotopic (exact) mass is 129 g/mol. The van der Waals surface area contributed by atoms with Crippen molar-refractivity contribution in [2.75, 3.05) is 11.5 Å². The maximum Gasteiger partial charge on any atom is 0.0140 e. The first-order chi connectivity index (χ1) is 3.81. The third-order valence-electron chi connectivity index (χ3n) is 0.967. The predicted molar refractivity (Wildman–Crippen MR) is 42.1 cm³/mol. The quantitative estimate of drug-likeness (QED) is 0.528. The molecule has 0 fully saturated rings. The van der Waals surface area contributed by atoms with Gasteiger partial charge in [0.05, 0.1) is 0 Å². The third-order valence-corrected chi connectivity index (χ3v) is 1.92. The summed E-state index contributed by atoms with van der Waals surface area (Å²) in [6.07, 6.45) is 2.14. The molecule has 0 aromatic carbocycles. The molecule has 0 saturated heterocycles. The van der Waals surface area contributed by atoms with Crippen LogP contribution in [0.1, 0.15) is 13.8 Å². The van der Waals surface area contributed by atoms with Gasteiger partial charge in [0.2, 0.25) is 0 Å². The van der Waals surface area contributed by atoms with E-state index in [0.29, 0.717) is 0 Å². The van der Waals surface area contributed by atoms with E-state index in [4.69, 9.17) is 0 Å². The van der Waals surface area contributed by atoms with E-state index in [2.05, 4.69) is 26.8 Å². The molecule has 0 nitrogen and oxygen atoms in total. The molecule has 0 aliphatic rings. The Hall–Kier alpha value is 0.0900. The lowest BCUT2D eigenvalue weighted by Gasteiger charge is -1.94. The molecule has 0 heterocycles. The highest BCUT2D eigenvalue weighted by atomic mass is 32.2. The fourth-order valence-corrected chi connectivity index (χ4v) is 0.949. The number of hydrogen-bond donors (Lipinski definition) is 0. The van der Waals surface area contributed by atoms with E-state index in [0.717, 1.165) is 11.5 Å². The third kappa shape index (κ3) is 4.25. The Kier molecular flexibility index (Phi) is 5.29. The normalized spacial score (nSPS) is 12.1. The van der Waals surface area contributed by atoms with Gasteiger partial charge in [-0.05, 0) is 26.5 Å². The van der Waals surface area contributed by atoms with E-state index in [1.165, 1.54) is 5.57 Å². The minimum absolute atomic E-state index is 0.977. The maximum absolute atomic E-state index is 3.73. The molecular weight excluding hydrogens is 116 g/mol. The van der Waals surface area contributed by atoms with Crippen molar-refractivity contribution in [3.05, 3.63) is 18.6 Å². The van der Waals surface area contributed by atoms with Crippen molar-refractivity contribution >= 4 is 11.8 Å². The van der Waals surface area contributed by atoms with Crippen LogP contribution in [-0.2, 0) is 0 Å². The number of thioether (sulfide) groups is 1. The SMILES string of the molecule is [CH2]CSCC(C)=CC. The van der Waals surface area contributed by atoms with Gasteiger partial charge in [0.1, 0.15) is 0 Å². The molecule has 1 heteroatoms. The topological polar surface area (TPSA) is 0 Å². The van der Waals surface area contributed by atoms with E-state index >= 15 is 0 Å². The van der Waals surface area contributed by atoms with Crippen LogP contribution in [0, 0.1) is 6.92 Å². The summed E-state index contributed by atoms with van der Waals surface area (Å²) in [7, 11) is 0. The Bertz CT molecular complexity index is 74.5. The number of rotatable bonds is 3. The van der Waals surface area contributed by atoms with Crippen molar-refractivity contribution in [1.29, 1.82) is 0 Å². The zero-order valence-electron chi connectivity index (χ0n) is 5.61. The molecule has 0 N–H and O–H groups in total. The minimum Gasteiger partial charge on any atom is -0.158 e. The lowest BCUT2D eigenvalue weighted by atomic mass is 10.3. The lowest BCUT2D eigenvalue weighted by Crippen LogP contribution is -1.79. The highest BCUT2D eigenvalue weighted by molar-refractivity contribution is 7.99. The zero-order valence-corrected chi connectivity index (χ0v) is 6.42. The summed E-state index contributed by atoms with van der Waals surface area (Å²) in [6.45, 7) is 7.94. The van der Waals surface area contributed by atoms with Crippen LogP contribution in [-0.4, -0.2) is 11.5 Å². The molecule has 0 aromatic rings. The van der Waals surface area contributed by atoms with Gasteiger partial charge in [-0.3, -0.25) is 0 Å². The first-order valence-electron chi connectivity index (χ1n) is 2.80. The largest absolute Gasteiger partial charge is 0.158 e. The molecule has 0 atom stereocenters. The predicted octanol–water partition coefficient (Wildman–Crippen LogP) is 2.52. The molecule has 1 radical (unpaired) electrons. The van der Waals surface area contributed by atoms with E-state index in [1.54, 1.807) is 0 Å². The Morgan fingerprint density at radius 1 is 1.75 bits per heavy atom. The molecule has 0 spiro atoms. The molecule has 0 saturated carbocycles. The molecule has 0 aromatic heterocycles. The van der Waals surface area contributed by atoms with Gasteiger partial charge in [0, 0.05) is 5.75 Å². The summed E-state index contributed by atoms with van der Waals surface area (Å²) in [5.41, 5.74) is 1.44. The van der Waals surface area contributed by atoms with Gasteiger partial charge < -0.3 is 0 Å². The summed E-state index contributed by atoms with van der Waals surface area (Å²) < 4.78 is 0. The second-order valence-corrected chi connectivity index (χ2v) is 2.79. The minimum atomic E-state index is 0.977. The second-order valence-electron chi connectivity index (χ2n) is 1.69. The van der Waals surface area contributed by atoms with Crippen LogP contribution in [0.25, 0.3) is 0 Å². The number of hydrogen-bond acceptors (Lipinski definition) is 1. The first kappa shape index (κ1) is 8.09. The summed E-state index contributed by atoms with van der Waals surface area (Å²) in [5.74, 6) is 2.12. The fraction of sp³-hybridized carbons (Fsp3) is 0.571. The maximum atomic E-state index is 3.73. The summed E-state index contributed by atoms with van der Waals surface area (Å²) in [5, 5.41) is 0. The molecule has 47 valence electrons. The zero-order chi connectivity index (χ0) is 6.41. The fourth-order valence-electron chi connectivity index (χ4n) is 0.316. The Morgan fingerprint density at radius 2 is 2.38 bits per heavy atom. The molecule has 0 bridgehead atoms. The van der Waals surface area contributed by atoms with Crippen LogP contribution >= 0.6 is 11.8 Å². The Balaban J connectivity index is 3.12. The highest BCUT2D eigenvalue weighted by Crippen LogP contribution is 2.04. The highest BCUT2D eigenvalue weighted by Gasteiger charge is 1.83. The van der Waals surface area contributed by atoms with E-state index in [1.807, 2.05) is 11.8 Å². The first-order valence-corrected chi connectivity index (χ1v) is 3.95. The van der Waals surface area contributed by atoms with Crippen molar-refractivity contribution in [2.45, 2.75) is 13.8 Å². The van der Waals surface area contributed by atoms with Gasteiger partial charge in [-0.2, -0.15) is 11.8 Å². The summed E-state index contributed by atoms with van der Waals surface area (Å²) >= 11 is 1.86. The summed E-state index contributed by atoms with van der Waals surface area (Å²) in [4.78, 5) is 0. The standard InChI is InChI=1S/C7H13S/c1-4-7(3)6-8-5-2/h4H,2,5-6H2,1,3H3. The van der Waals surface area contributed by atoms with Gasteiger partial charge in [-0.1, -0.05) is 11.6 Å². The van der Waals surface area contributed by atoms with E-state index in [9.17, 15) is 0 Å². The molecule has 0 amide bonds. The summed E-state index contributed by atoms with van der Waals surface area (Å²) in [6, 6.07) is 0. The van der Waals surface area contributed by atoms with Gasteiger partial charge >= 0.3 is 0 Å². The van der Waals surface area contributed by atoms with E-state index < -0.39 is 0 Å². The molecule has 0 rings (SSSR count). The van der Waals surface area contributed by atoms with Crippen molar-refractivity contribution in [3.63, 3.8) is 0 Å². The smallest absolute Gasteiger partial charge is 0.0140 e. The van der Waals surface area contributed by atoms with Crippen LogP contribution in [0.5, 0.6) is 0 Å². The number of allylic oxidation sites excluding steroid dienone is 1. The Labute approximate surface area is 56.4 Å². The van der Waals surface area contributed by atoms with Gasteiger partial charge in [0.25, 0.3) is 0 Å². The van der Waals surface area contributed by atoms with Crippen molar-refractivity contribution in [2.24, 2.45) is 0 Å². The van der Waals surface area contributed by atoms with Gasteiger partial charge in [0.15, 0.2) is 0 Å². The average molecular weight is 129 g/mol. The van der Waals surface area contributed by atoms with Crippen molar-refractivity contribution in [1.82, 2.24) is 0 Å². The van der Waals surface area contributed by atoms with Crippen LogP contribution in [0.3, 0.4) is 0 Å². The molecule has 0 unspecified atom stereocenters. The van der Waals surface area contributed by atoms with Crippen LogP contribution < -0.4 is 0 Å². The molecule has 0 aliphatic carbocycles. The van der Waals surface area contributed by atoms with Crippen molar-refractivity contribution in [3.8, 4) is 0 Å². The molecule has 0 aliphatic heterocycles. The lowest BCUT2D eigenvalue weighted by molar-refractivity contribution is 1.38. The Morgan fingerprint density at radius 3 is 2.75 bits per heavy atom.